The van der Waals surface area contributed by atoms with Crippen molar-refractivity contribution in [2.75, 3.05) is 26.4 Å². The van der Waals surface area contributed by atoms with E-state index in [4.69, 9.17) is 23.7 Å². The Hall–Kier alpha value is -4.04. The molecular formula is C85H156N2O12. The van der Waals surface area contributed by atoms with Gasteiger partial charge in [-0.2, -0.15) is 0 Å². The van der Waals surface area contributed by atoms with Crippen molar-refractivity contribution in [3.63, 3.8) is 0 Å². The Morgan fingerprint density at radius 1 is 0.323 bits per heavy atom. The topological polar surface area (TPSA) is 193 Å². The van der Waals surface area contributed by atoms with Gasteiger partial charge >= 0.3 is 23.9 Å². The summed E-state index contributed by atoms with van der Waals surface area (Å²) in [6, 6.07) is 8.82. The average molecular weight is 1400 g/mol. The quantitative estimate of drug-likeness (QED) is 0.0318. The Balaban J connectivity index is 0.00000196. The minimum Gasteiger partial charge on any atom is -0.463 e. The molecule has 0 fully saturated rings. The highest BCUT2D eigenvalue weighted by molar-refractivity contribution is 5.77. The standard InChI is InChI=1S/C46H81NO6.C39H75NO6/c1-4-7-10-13-15-17-18-20-21-24-30-35-44(48)47-42(39-51-38-41-32-27-26-28-33-41)40-52-46(50)37-43(34-29-23-12-9-6-3)53-45(49)36-31-25-22-19-16-14-11-8-5-2;1-4-7-10-13-15-17-18-20-21-24-27-30-37(42)40-35(33-41)34-45-39(44)32-36(29-26-23-12-9-6-3)46-38(43)31-28-25-22-19-16-14-11-8-5-2/h26-28,32-33,42-43H,4-25,29-31,34-40H2,1-3H3,(H,47,48);35-36,41H,4-34H2,1-3H3,(H,40,42)/t42-,43-;35-,36-/m11/s1. The summed E-state index contributed by atoms with van der Waals surface area (Å²) in [5, 5.41) is 15.6. The van der Waals surface area contributed by atoms with Crippen molar-refractivity contribution in [2.45, 2.75) is 445 Å². The second-order valence-corrected chi connectivity index (χ2v) is 28.8. The van der Waals surface area contributed by atoms with E-state index in [1.54, 1.807) is 0 Å². The Bertz CT molecular complexity index is 1950. The lowest BCUT2D eigenvalue weighted by Crippen LogP contribution is -2.42. The molecule has 99 heavy (non-hydrogen) atoms. The summed E-state index contributed by atoms with van der Waals surface area (Å²) >= 11 is 0. The summed E-state index contributed by atoms with van der Waals surface area (Å²) in [5.41, 5.74) is 1.04. The van der Waals surface area contributed by atoms with Gasteiger partial charge in [0.25, 0.3) is 0 Å². The van der Waals surface area contributed by atoms with Crippen molar-refractivity contribution in [1.29, 1.82) is 0 Å². The Morgan fingerprint density at radius 2 is 0.596 bits per heavy atom. The molecule has 578 valence electrons. The number of benzene rings is 1. The molecular weight excluding hydrogens is 1240 g/mol. The van der Waals surface area contributed by atoms with Crippen molar-refractivity contribution >= 4 is 35.7 Å². The van der Waals surface area contributed by atoms with E-state index in [-0.39, 0.29) is 63.0 Å². The minimum absolute atomic E-state index is 0.00210. The predicted molar refractivity (Wildman–Crippen MR) is 411 cm³/mol. The molecule has 1 aromatic carbocycles. The fourth-order valence-electron chi connectivity index (χ4n) is 12.5. The third-order valence-corrected chi connectivity index (χ3v) is 18.9. The van der Waals surface area contributed by atoms with Crippen LogP contribution < -0.4 is 10.6 Å². The SMILES string of the molecule is CCCCCCCCCCCCCC(=O)N[C@H](CO)COC(=O)C[C@@H](CCCCCCC)OC(=O)CCCCCCCCCCC.CCCCCCCCCCCCCC(=O)N[C@H](COCc1ccccc1)COC(=O)C[C@@H](CCCCCCC)OC(=O)CCCCCCCCCCC. The van der Waals surface area contributed by atoms with Gasteiger partial charge in [0.15, 0.2) is 0 Å². The second kappa shape index (κ2) is 75.1. The van der Waals surface area contributed by atoms with E-state index >= 15 is 0 Å². The number of hydrogen-bond acceptors (Lipinski definition) is 12. The largest absolute Gasteiger partial charge is 0.463 e. The number of amides is 2. The first-order valence-corrected chi connectivity index (χ1v) is 42.0. The molecule has 2 amide bonds. The number of hydrogen-bond donors (Lipinski definition) is 3. The summed E-state index contributed by atoms with van der Waals surface area (Å²) in [6.45, 7) is 13.6. The number of carbonyl (C=O) groups excluding carboxylic acids is 6. The summed E-state index contributed by atoms with van der Waals surface area (Å²) in [4.78, 5) is 76.4. The molecule has 0 saturated carbocycles. The van der Waals surface area contributed by atoms with E-state index in [9.17, 15) is 33.9 Å². The van der Waals surface area contributed by atoms with Gasteiger partial charge in [0.1, 0.15) is 25.4 Å². The van der Waals surface area contributed by atoms with Gasteiger partial charge in [-0.25, -0.2) is 0 Å². The smallest absolute Gasteiger partial charge is 0.309 e. The van der Waals surface area contributed by atoms with Crippen LogP contribution in [0.1, 0.15) is 420 Å². The van der Waals surface area contributed by atoms with Crippen molar-refractivity contribution < 1.29 is 57.6 Å². The molecule has 14 heteroatoms. The van der Waals surface area contributed by atoms with E-state index in [0.717, 1.165) is 134 Å². The zero-order chi connectivity index (χ0) is 72.4. The fourth-order valence-corrected chi connectivity index (χ4v) is 12.5. The zero-order valence-corrected chi connectivity index (χ0v) is 65.2. The highest BCUT2D eigenvalue weighted by atomic mass is 16.6. The molecule has 3 N–H and O–H groups in total. The maximum Gasteiger partial charge on any atom is 0.309 e. The zero-order valence-electron chi connectivity index (χ0n) is 65.2. The highest BCUT2D eigenvalue weighted by Gasteiger charge is 2.24. The first-order valence-electron chi connectivity index (χ1n) is 42.0. The van der Waals surface area contributed by atoms with Crippen molar-refractivity contribution in [3.05, 3.63) is 35.9 Å². The first kappa shape index (κ1) is 95.0. The maximum absolute atomic E-state index is 13.1. The van der Waals surface area contributed by atoms with Crippen LogP contribution in [0, 0.1) is 0 Å². The highest BCUT2D eigenvalue weighted by Crippen LogP contribution is 2.20. The number of unbranched alkanes of at least 4 members (excludes halogenated alkanes) is 44. The molecule has 14 nitrogen and oxygen atoms in total. The molecule has 0 heterocycles. The Labute approximate surface area is 608 Å². The molecule has 0 radical (unpaired) electrons. The van der Waals surface area contributed by atoms with Gasteiger partial charge in [-0.15, -0.1) is 0 Å². The lowest BCUT2D eigenvalue weighted by atomic mass is 10.1. The minimum atomic E-state index is -0.633. The van der Waals surface area contributed by atoms with Gasteiger partial charge in [-0.3, -0.25) is 28.8 Å². The first-order chi connectivity index (χ1) is 48.4. The normalized spacial score (nSPS) is 12.4. The monoisotopic (exact) mass is 1400 g/mol. The van der Waals surface area contributed by atoms with E-state index in [0.29, 0.717) is 45.1 Å². The van der Waals surface area contributed by atoms with Gasteiger partial charge in [-0.05, 0) is 56.9 Å². The summed E-state index contributed by atoms with van der Waals surface area (Å²) in [6.07, 6.45) is 61.3. The van der Waals surface area contributed by atoms with Crippen LogP contribution in [0.2, 0.25) is 0 Å². The Kier molecular flexibility index (Phi) is 72.1. The third kappa shape index (κ3) is 68.2. The Morgan fingerprint density at radius 3 is 0.909 bits per heavy atom. The maximum atomic E-state index is 13.1. The molecule has 1 rings (SSSR count). The third-order valence-electron chi connectivity index (χ3n) is 18.9. The van der Waals surface area contributed by atoms with Gasteiger partial charge in [-0.1, -0.05) is 354 Å². The number of ether oxygens (including phenoxy) is 5. The number of aliphatic hydroxyl groups is 1. The van der Waals surface area contributed by atoms with Crippen LogP contribution in [0.3, 0.4) is 0 Å². The van der Waals surface area contributed by atoms with E-state index < -0.39 is 36.2 Å². The number of nitrogens with one attached hydrogen (secondary N) is 2. The van der Waals surface area contributed by atoms with Crippen LogP contribution in [0.15, 0.2) is 30.3 Å². The van der Waals surface area contributed by atoms with Gasteiger partial charge < -0.3 is 39.4 Å². The van der Waals surface area contributed by atoms with E-state index in [1.165, 1.54) is 193 Å². The lowest BCUT2D eigenvalue weighted by Gasteiger charge is -2.21. The second-order valence-electron chi connectivity index (χ2n) is 28.8. The molecule has 0 saturated heterocycles. The summed E-state index contributed by atoms with van der Waals surface area (Å²) in [5.74, 6) is -1.50. The average Bonchev–Trinajstić information content (AvgIpc) is 2.03. The van der Waals surface area contributed by atoms with Gasteiger partial charge in [0.2, 0.25) is 11.8 Å². The van der Waals surface area contributed by atoms with Gasteiger partial charge in [0.05, 0.1) is 44.7 Å². The molecule has 0 aliphatic rings. The molecule has 0 aliphatic heterocycles. The summed E-state index contributed by atoms with van der Waals surface area (Å²) in [7, 11) is 0. The van der Waals surface area contributed by atoms with Crippen LogP contribution >= 0.6 is 0 Å². The van der Waals surface area contributed by atoms with Crippen LogP contribution in [0.25, 0.3) is 0 Å². The molecule has 0 unspecified atom stereocenters. The molecule has 0 bridgehead atoms. The van der Waals surface area contributed by atoms with Crippen molar-refractivity contribution in [3.8, 4) is 0 Å². The van der Waals surface area contributed by atoms with E-state index in [2.05, 4.69) is 52.2 Å². The molecule has 1 aromatic rings. The van der Waals surface area contributed by atoms with Crippen LogP contribution in [0.5, 0.6) is 0 Å². The number of carbonyl (C=O) groups is 6. The van der Waals surface area contributed by atoms with Crippen LogP contribution in [-0.2, 0) is 59.1 Å². The lowest BCUT2D eigenvalue weighted by molar-refractivity contribution is -0.158. The van der Waals surface area contributed by atoms with E-state index in [1.807, 2.05) is 30.3 Å². The summed E-state index contributed by atoms with van der Waals surface area (Å²) < 4.78 is 28.7. The molecule has 0 spiro atoms. The van der Waals surface area contributed by atoms with Crippen molar-refractivity contribution in [2.24, 2.45) is 0 Å². The van der Waals surface area contributed by atoms with Crippen LogP contribution in [-0.4, -0.2) is 91.5 Å². The molecule has 0 aliphatic carbocycles. The molecule has 4 atom stereocenters. The fraction of sp³-hybridized carbons (Fsp3) is 0.859. The number of rotatable bonds is 73. The molecule has 0 aromatic heterocycles. The number of esters is 4. The van der Waals surface area contributed by atoms with Crippen LogP contribution in [0.4, 0.5) is 0 Å². The van der Waals surface area contributed by atoms with Gasteiger partial charge in [0, 0.05) is 25.7 Å². The van der Waals surface area contributed by atoms with Crippen molar-refractivity contribution in [1.82, 2.24) is 10.6 Å². The predicted octanol–water partition coefficient (Wildman–Crippen LogP) is 22.8. The number of aliphatic hydroxyl groups excluding tert-OH is 1.